The van der Waals surface area contributed by atoms with E-state index in [0.29, 0.717) is 31.5 Å². The lowest BCUT2D eigenvalue weighted by Gasteiger charge is -2.31. The van der Waals surface area contributed by atoms with Crippen LogP contribution in [0.2, 0.25) is 0 Å². The lowest BCUT2D eigenvalue weighted by molar-refractivity contribution is -0.141. The smallest absolute Gasteiger partial charge is 0.365 e. The maximum atomic E-state index is 12.8. The monoisotopic (exact) mass is 338 g/mol. The Morgan fingerprint density at radius 1 is 1.29 bits per heavy atom. The van der Waals surface area contributed by atoms with Gasteiger partial charge in [0.05, 0.1) is 5.56 Å². The Morgan fingerprint density at radius 2 is 2.00 bits per heavy atom. The number of amides is 1. The first-order valence-corrected chi connectivity index (χ1v) is 7.69. The fourth-order valence-corrected chi connectivity index (χ4v) is 2.92. The van der Waals surface area contributed by atoms with Gasteiger partial charge in [-0.15, -0.1) is 0 Å². The number of aromatic nitrogens is 3. The second-order valence-corrected chi connectivity index (χ2v) is 5.88. The summed E-state index contributed by atoms with van der Waals surface area (Å²) in [5, 5.41) is 0. The van der Waals surface area contributed by atoms with Crippen molar-refractivity contribution >= 4 is 5.91 Å². The van der Waals surface area contributed by atoms with Gasteiger partial charge in [0.25, 0.3) is 5.91 Å². The molecule has 24 heavy (non-hydrogen) atoms. The summed E-state index contributed by atoms with van der Waals surface area (Å²) >= 11 is 0. The molecule has 1 saturated heterocycles. The largest absolute Gasteiger partial charge is 0.433 e. The van der Waals surface area contributed by atoms with Crippen molar-refractivity contribution in [2.24, 2.45) is 0 Å². The van der Waals surface area contributed by atoms with Crippen molar-refractivity contribution < 1.29 is 18.0 Å². The average Bonchev–Trinajstić information content (AvgIpc) is 3.00. The van der Waals surface area contributed by atoms with Crippen LogP contribution >= 0.6 is 0 Å². The molecule has 1 amide bonds. The van der Waals surface area contributed by atoms with E-state index in [4.69, 9.17) is 0 Å². The Bertz CT molecular complexity index is 733. The summed E-state index contributed by atoms with van der Waals surface area (Å²) in [6.45, 7) is 2.79. The molecule has 0 spiro atoms. The third kappa shape index (κ3) is 3.27. The number of halogens is 3. The molecule has 128 valence electrons. The van der Waals surface area contributed by atoms with E-state index in [9.17, 15) is 18.0 Å². The standard InChI is InChI=1S/C16H17F3N4O/c1-10-12(2-6-20-10)15(24)23-8-4-11(5-9-23)14-21-7-3-13(22-14)16(17,18)19/h2-3,6-7,11,20H,4-5,8-9H2,1H3. The number of aromatic amines is 1. The van der Waals surface area contributed by atoms with Gasteiger partial charge in [-0.3, -0.25) is 4.79 Å². The van der Waals surface area contributed by atoms with E-state index in [0.717, 1.165) is 18.0 Å². The third-order valence-electron chi connectivity index (χ3n) is 4.30. The Hall–Kier alpha value is -2.38. The number of carbonyl (C=O) groups is 1. The van der Waals surface area contributed by atoms with Crippen LogP contribution in [0.5, 0.6) is 0 Å². The van der Waals surface area contributed by atoms with Crippen LogP contribution in [0.25, 0.3) is 0 Å². The molecule has 1 aliphatic heterocycles. The molecule has 3 heterocycles. The number of piperidine rings is 1. The number of hydrogen-bond acceptors (Lipinski definition) is 3. The van der Waals surface area contributed by atoms with E-state index in [1.165, 1.54) is 0 Å². The predicted octanol–water partition coefficient (Wildman–Crippen LogP) is 3.15. The van der Waals surface area contributed by atoms with Crippen molar-refractivity contribution in [3.05, 3.63) is 47.3 Å². The molecule has 3 rings (SSSR count). The summed E-state index contributed by atoms with van der Waals surface area (Å²) in [5.41, 5.74) is 0.515. The predicted molar refractivity (Wildman–Crippen MR) is 80.4 cm³/mol. The maximum absolute atomic E-state index is 12.8. The minimum absolute atomic E-state index is 0.0582. The normalized spacial score (nSPS) is 16.4. The quantitative estimate of drug-likeness (QED) is 0.915. The molecule has 0 bridgehead atoms. The SMILES string of the molecule is Cc1[nH]ccc1C(=O)N1CCC(c2nccc(C(F)(F)F)n2)CC1. The van der Waals surface area contributed by atoms with Crippen LogP contribution in [0.4, 0.5) is 13.2 Å². The zero-order valence-corrected chi connectivity index (χ0v) is 13.1. The van der Waals surface area contributed by atoms with Gasteiger partial charge < -0.3 is 9.88 Å². The van der Waals surface area contributed by atoms with Gasteiger partial charge in [0, 0.05) is 37.1 Å². The molecule has 0 aromatic carbocycles. The number of alkyl halides is 3. The first kappa shape index (κ1) is 16.5. The number of nitrogens with zero attached hydrogens (tertiary/aromatic N) is 3. The number of hydrogen-bond donors (Lipinski definition) is 1. The Kier molecular flexibility index (Phi) is 4.29. The summed E-state index contributed by atoms with van der Waals surface area (Å²) in [6.07, 6.45) is -0.509. The molecule has 0 radical (unpaired) electrons. The first-order chi connectivity index (χ1) is 11.4. The molecule has 0 aliphatic carbocycles. The number of aryl methyl sites for hydroxylation is 1. The van der Waals surface area contributed by atoms with E-state index < -0.39 is 11.9 Å². The molecule has 1 fully saturated rings. The van der Waals surface area contributed by atoms with Crippen LogP contribution in [0, 0.1) is 6.92 Å². The van der Waals surface area contributed by atoms with Crippen molar-refractivity contribution in [3.8, 4) is 0 Å². The van der Waals surface area contributed by atoms with Gasteiger partial charge in [-0.05, 0) is 31.9 Å². The third-order valence-corrected chi connectivity index (χ3v) is 4.30. The highest BCUT2D eigenvalue weighted by molar-refractivity contribution is 5.95. The van der Waals surface area contributed by atoms with Crippen molar-refractivity contribution in [2.45, 2.75) is 31.9 Å². The van der Waals surface area contributed by atoms with Crippen molar-refractivity contribution in [3.63, 3.8) is 0 Å². The first-order valence-electron chi connectivity index (χ1n) is 7.69. The Labute approximate surface area is 136 Å². The van der Waals surface area contributed by atoms with E-state index in [1.54, 1.807) is 17.2 Å². The number of carbonyl (C=O) groups excluding carboxylic acids is 1. The van der Waals surface area contributed by atoms with E-state index >= 15 is 0 Å². The number of H-pyrrole nitrogens is 1. The van der Waals surface area contributed by atoms with Gasteiger partial charge in [0.15, 0.2) is 0 Å². The van der Waals surface area contributed by atoms with Crippen LogP contribution in [-0.2, 0) is 6.18 Å². The molecule has 0 unspecified atom stereocenters. The van der Waals surface area contributed by atoms with Crippen molar-refractivity contribution in [2.75, 3.05) is 13.1 Å². The highest BCUT2D eigenvalue weighted by Crippen LogP contribution is 2.31. The summed E-state index contributed by atoms with van der Waals surface area (Å²) in [5.74, 6) is -0.0180. The van der Waals surface area contributed by atoms with Gasteiger partial charge in [0.2, 0.25) is 0 Å². The van der Waals surface area contributed by atoms with Gasteiger partial charge in [0.1, 0.15) is 11.5 Å². The van der Waals surface area contributed by atoms with Gasteiger partial charge in [-0.25, -0.2) is 9.97 Å². The minimum atomic E-state index is -4.47. The van der Waals surface area contributed by atoms with E-state index in [2.05, 4.69) is 15.0 Å². The lowest BCUT2D eigenvalue weighted by atomic mass is 9.95. The molecule has 0 atom stereocenters. The topological polar surface area (TPSA) is 61.9 Å². The lowest BCUT2D eigenvalue weighted by Crippen LogP contribution is -2.38. The maximum Gasteiger partial charge on any atom is 0.433 e. The highest BCUT2D eigenvalue weighted by atomic mass is 19.4. The molecular formula is C16H17F3N4O. The van der Waals surface area contributed by atoms with E-state index in [-0.39, 0.29) is 17.6 Å². The fourth-order valence-electron chi connectivity index (χ4n) is 2.92. The van der Waals surface area contributed by atoms with Gasteiger partial charge in [-0.2, -0.15) is 13.2 Å². The average molecular weight is 338 g/mol. The molecule has 8 heteroatoms. The second-order valence-electron chi connectivity index (χ2n) is 5.88. The van der Waals surface area contributed by atoms with Gasteiger partial charge >= 0.3 is 6.18 Å². The molecule has 1 aliphatic rings. The van der Waals surface area contributed by atoms with Crippen LogP contribution in [-0.4, -0.2) is 38.8 Å². The van der Waals surface area contributed by atoms with Crippen molar-refractivity contribution in [1.82, 2.24) is 19.9 Å². The minimum Gasteiger partial charge on any atom is -0.365 e. The Balaban J connectivity index is 1.67. The van der Waals surface area contributed by atoms with Crippen LogP contribution in [0.1, 0.15) is 46.3 Å². The highest BCUT2D eigenvalue weighted by Gasteiger charge is 2.34. The molecule has 1 N–H and O–H groups in total. The van der Waals surface area contributed by atoms with Crippen molar-refractivity contribution in [1.29, 1.82) is 0 Å². The number of nitrogens with one attached hydrogen (secondary N) is 1. The molecule has 5 nitrogen and oxygen atoms in total. The summed E-state index contributed by atoms with van der Waals surface area (Å²) in [6, 6.07) is 2.61. The Morgan fingerprint density at radius 3 is 2.58 bits per heavy atom. The summed E-state index contributed by atoms with van der Waals surface area (Å²) in [7, 11) is 0. The van der Waals surface area contributed by atoms with E-state index in [1.807, 2.05) is 6.92 Å². The summed E-state index contributed by atoms with van der Waals surface area (Å²) in [4.78, 5) is 24.8. The zero-order chi connectivity index (χ0) is 17.3. The number of rotatable bonds is 2. The van der Waals surface area contributed by atoms with Crippen LogP contribution in [0.3, 0.4) is 0 Å². The summed E-state index contributed by atoms with van der Waals surface area (Å²) < 4.78 is 38.3. The molecule has 0 saturated carbocycles. The van der Waals surface area contributed by atoms with Crippen LogP contribution < -0.4 is 0 Å². The fraction of sp³-hybridized carbons (Fsp3) is 0.438. The zero-order valence-electron chi connectivity index (χ0n) is 13.1. The van der Waals surface area contributed by atoms with Gasteiger partial charge in [-0.1, -0.05) is 0 Å². The number of likely N-dealkylation sites (tertiary alicyclic amines) is 1. The molecule has 2 aromatic rings. The second kappa shape index (κ2) is 6.26. The van der Waals surface area contributed by atoms with Crippen LogP contribution in [0.15, 0.2) is 24.5 Å². The molecule has 2 aromatic heterocycles. The molecular weight excluding hydrogens is 321 g/mol.